The maximum atomic E-state index is 13.4. The average Bonchev–Trinajstić information content (AvgIpc) is 2.75. The van der Waals surface area contributed by atoms with Crippen LogP contribution < -0.4 is 5.32 Å². The van der Waals surface area contributed by atoms with Crippen LogP contribution in [0.15, 0.2) is 102 Å². The fourth-order valence-corrected chi connectivity index (χ4v) is 4.29. The van der Waals surface area contributed by atoms with Crippen LogP contribution in [0, 0.1) is 0 Å². The van der Waals surface area contributed by atoms with Crippen LogP contribution in [0.4, 0.5) is 5.69 Å². The van der Waals surface area contributed by atoms with Crippen molar-refractivity contribution in [3.63, 3.8) is 0 Å². The van der Waals surface area contributed by atoms with Crippen molar-refractivity contribution in [3.05, 3.63) is 108 Å². The Hall–Kier alpha value is -3.48. The Bertz CT molecular complexity index is 1260. The van der Waals surface area contributed by atoms with E-state index in [1.54, 1.807) is 24.3 Å². The van der Waals surface area contributed by atoms with Crippen molar-refractivity contribution in [2.24, 2.45) is 0 Å². The molecular formula is C24H19NO4S. The molecule has 0 atom stereocenters. The number of hydrogen-bond donors (Lipinski definition) is 2. The molecule has 5 nitrogen and oxygen atoms in total. The molecule has 0 saturated carbocycles. The first-order valence-corrected chi connectivity index (χ1v) is 10.8. The Morgan fingerprint density at radius 3 is 1.73 bits per heavy atom. The molecule has 4 aromatic rings. The lowest BCUT2D eigenvalue weighted by Crippen LogP contribution is -2.22. The average molecular weight is 417 g/mol. The third kappa shape index (κ3) is 3.96. The molecule has 1 amide bonds. The smallest absolute Gasteiger partial charge is 0.295 e. The molecule has 0 radical (unpaired) electrons. The topological polar surface area (TPSA) is 83.5 Å². The molecule has 0 aliphatic heterocycles. The van der Waals surface area contributed by atoms with Crippen molar-refractivity contribution in [2.75, 3.05) is 5.32 Å². The van der Waals surface area contributed by atoms with E-state index in [9.17, 15) is 17.8 Å². The molecule has 4 rings (SSSR count). The quantitative estimate of drug-likeness (QED) is 0.455. The summed E-state index contributed by atoms with van der Waals surface area (Å²) in [7, 11) is -4.39. The predicted octanol–water partition coefficient (Wildman–Crippen LogP) is 4.86. The van der Waals surface area contributed by atoms with Gasteiger partial charge in [-0.1, -0.05) is 84.9 Å². The van der Waals surface area contributed by atoms with Crippen molar-refractivity contribution in [3.8, 4) is 0 Å². The van der Waals surface area contributed by atoms with Gasteiger partial charge in [-0.15, -0.1) is 0 Å². The maximum absolute atomic E-state index is 13.4. The second kappa shape index (κ2) is 8.10. The highest BCUT2D eigenvalue weighted by Crippen LogP contribution is 2.32. The van der Waals surface area contributed by atoms with Gasteiger partial charge in [0.1, 0.15) is 4.90 Å². The van der Waals surface area contributed by atoms with E-state index < -0.39 is 16.0 Å². The van der Waals surface area contributed by atoms with Crippen molar-refractivity contribution in [1.82, 2.24) is 0 Å². The van der Waals surface area contributed by atoms with Crippen molar-refractivity contribution in [2.45, 2.75) is 10.8 Å². The van der Waals surface area contributed by atoms with Gasteiger partial charge in [0.25, 0.3) is 10.1 Å². The zero-order chi connectivity index (χ0) is 21.1. The lowest BCUT2D eigenvalue weighted by atomic mass is 9.90. The van der Waals surface area contributed by atoms with Crippen molar-refractivity contribution < 1.29 is 17.8 Å². The fraction of sp³-hybridized carbons (Fsp3) is 0.0417. The standard InChI is InChI=1S/C24H19NO4S/c26-24(23(17-9-3-1-4-10-17)18-11-5-2-6-12-18)25-21-15-16-22(30(27,28)29)20-14-8-7-13-19(20)21/h1-16,23H,(H,25,26)(H,27,28,29). The summed E-state index contributed by atoms with van der Waals surface area (Å²) >= 11 is 0. The van der Waals surface area contributed by atoms with E-state index >= 15 is 0 Å². The molecule has 4 aromatic carbocycles. The van der Waals surface area contributed by atoms with Gasteiger partial charge in [-0.3, -0.25) is 9.35 Å². The number of fused-ring (bicyclic) bond motifs is 1. The van der Waals surface area contributed by atoms with Crippen LogP contribution in [-0.4, -0.2) is 18.9 Å². The number of anilines is 1. The van der Waals surface area contributed by atoms with Crippen LogP contribution in [0.2, 0.25) is 0 Å². The molecule has 2 N–H and O–H groups in total. The molecule has 0 saturated heterocycles. The molecule has 6 heteroatoms. The third-order valence-corrected chi connectivity index (χ3v) is 5.86. The monoisotopic (exact) mass is 417 g/mol. The van der Waals surface area contributed by atoms with Gasteiger partial charge in [-0.2, -0.15) is 8.42 Å². The third-order valence-electron chi connectivity index (χ3n) is 4.95. The number of carbonyl (C=O) groups is 1. The van der Waals surface area contributed by atoms with Gasteiger partial charge >= 0.3 is 0 Å². The Labute approximate surface area is 174 Å². The zero-order valence-corrected chi connectivity index (χ0v) is 16.7. The maximum Gasteiger partial charge on any atom is 0.295 e. The molecule has 0 aliphatic rings. The lowest BCUT2D eigenvalue weighted by molar-refractivity contribution is -0.116. The molecule has 0 spiro atoms. The van der Waals surface area contributed by atoms with Crippen molar-refractivity contribution >= 4 is 32.5 Å². The van der Waals surface area contributed by atoms with Crippen LogP contribution in [0.3, 0.4) is 0 Å². The molecular weight excluding hydrogens is 398 g/mol. The Balaban J connectivity index is 1.78. The van der Waals surface area contributed by atoms with E-state index in [1.807, 2.05) is 60.7 Å². The van der Waals surface area contributed by atoms with E-state index in [2.05, 4.69) is 5.32 Å². The van der Waals surface area contributed by atoms with Crippen molar-refractivity contribution in [1.29, 1.82) is 0 Å². The highest BCUT2D eigenvalue weighted by atomic mass is 32.2. The van der Waals surface area contributed by atoms with Gasteiger partial charge in [0, 0.05) is 16.5 Å². The highest BCUT2D eigenvalue weighted by molar-refractivity contribution is 7.86. The number of carbonyl (C=O) groups excluding carboxylic acids is 1. The molecule has 150 valence electrons. The van der Waals surface area contributed by atoms with E-state index in [0.29, 0.717) is 16.5 Å². The first-order chi connectivity index (χ1) is 14.4. The molecule has 0 fully saturated rings. The number of hydrogen-bond acceptors (Lipinski definition) is 3. The zero-order valence-electron chi connectivity index (χ0n) is 15.9. The summed E-state index contributed by atoms with van der Waals surface area (Å²) < 4.78 is 33.0. The predicted molar refractivity (Wildman–Crippen MR) is 117 cm³/mol. The minimum atomic E-state index is -4.39. The SMILES string of the molecule is O=C(Nc1ccc(S(=O)(=O)O)c2ccccc12)C(c1ccccc1)c1ccccc1. The van der Waals surface area contributed by atoms with E-state index in [1.165, 1.54) is 12.1 Å². The first-order valence-electron chi connectivity index (χ1n) is 9.35. The number of rotatable bonds is 5. The summed E-state index contributed by atoms with van der Waals surface area (Å²) in [6.45, 7) is 0. The normalized spacial score (nSPS) is 11.5. The van der Waals surface area contributed by atoms with Gasteiger partial charge < -0.3 is 5.32 Å². The summed E-state index contributed by atoms with van der Waals surface area (Å²) in [6.07, 6.45) is 0. The van der Waals surface area contributed by atoms with Crippen LogP contribution in [0.1, 0.15) is 17.0 Å². The Kier molecular flexibility index (Phi) is 5.35. The van der Waals surface area contributed by atoms with Gasteiger partial charge in [0.05, 0.1) is 5.92 Å². The van der Waals surface area contributed by atoms with E-state index in [-0.39, 0.29) is 10.8 Å². The molecule has 0 aliphatic carbocycles. The molecule has 0 bridgehead atoms. The molecule has 0 aromatic heterocycles. The summed E-state index contributed by atoms with van der Waals surface area (Å²) in [4.78, 5) is 13.2. The van der Waals surface area contributed by atoms with Gasteiger partial charge in [-0.05, 0) is 23.3 Å². The minimum Gasteiger partial charge on any atom is -0.325 e. The fourth-order valence-electron chi connectivity index (χ4n) is 3.60. The van der Waals surface area contributed by atoms with Crippen LogP contribution in [0.25, 0.3) is 10.8 Å². The lowest BCUT2D eigenvalue weighted by Gasteiger charge is -2.19. The molecule has 30 heavy (non-hydrogen) atoms. The van der Waals surface area contributed by atoms with Gasteiger partial charge in [-0.25, -0.2) is 0 Å². The Morgan fingerprint density at radius 1 is 0.700 bits per heavy atom. The largest absolute Gasteiger partial charge is 0.325 e. The summed E-state index contributed by atoms with van der Waals surface area (Å²) in [6, 6.07) is 28.4. The van der Waals surface area contributed by atoms with Crippen LogP contribution in [0.5, 0.6) is 0 Å². The van der Waals surface area contributed by atoms with Gasteiger partial charge in [0.2, 0.25) is 5.91 Å². The number of nitrogens with one attached hydrogen (secondary N) is 1. The van der Waals surface area contributed by atoms with Crippen LogP contribution >= 0.6 is 0 Å². The molecule has 0 unspecified atom stereocenters. The molecule has 0 heterocycles. The second-order valence-corrected chi connectivity index (χ2v) is 8.27. The summed E-state index contributed by atoms with van der Waals surface area (Å²) in [5.74, 6) is -0.774. The second-order valence-electron chi connectivity index (χ2n) is 6.88. The number of benzene rings is 4. The summed E-state index contributed by atoms with van der Waals surface area (Å²) in [5, 5.41) is 3.82. The highest BCUT2D eigenvalue weighted by Gasteiger charge is 2.24. The van der Waals surface area contributed by atoms with E-state index in [4.69, 9.17) is 0 Å². The van der Waals surface area contributed by atoms with Gasteiger partial charge in [0.15, 0.2) is 0 Å². The minimum absolute atomic E-state index is 0.196. The Morgan fingerprint density at radius 2 is 1.20 bits per heavy atom. The summed E-state index contributed by atoms with van der Waals surface area (Å²) in [5.41, 5.74) is 2.17. The van der Waals surface area contributed by atoms with E-state index in [0.717, 1.165) is 11.1 Å². The van der Waals surface area contributed by atoms with Crippen LogP contribution in [-0.2, 0) is 14.9 Å². The number of amides is 1. The first kappa shape index (κ1) is 19.8.